The van der Waals surface area contributed by atoms with E-state index in [-0.39, 0.29) is 6.61 Å². The summed E-state index contributed by atoms with van der Waals surface area (Å²) in [7, 11) is 4.83. The second-order valence-electron chi connectivity index (χ2n) is 6.22. The van der Waals surface area contributed by atoms with Crippen LogP contribution in [0.1, 0.15) is 5.69 Å². The SMILES string of the molecule is CN=C/C(=C\N)c1cnc2ccc(N(CCO)c3cc(OC)cc(OC)c3)nc2n1. The second-order valence-corrected chi connectivity index (χ2v) is 6.22. The average molecular weight is 408 g/mol. The Balaban J connectivity index is 2.09. The third kappa shape index (κ3) is 4.47. The summed E-state index contributed by atoms with van der Waals surface area (Å²) < 4.78 is 10.7. The predicted molar refractivity (Wildman–Crippen MR) is 118 cm³/mol. The number of nitrogens with zero attached hydrogens (tertiary/aromatic N) is 5. The molecule has 0 radical (unpaired) electrons. The summed E-state index contributed by atoms with van der Waals surface area (Å²) in [5, 5.41) is 9.64. The number of rotatable bonds is 8. The number of hydrogen-bond acceptors (Lipinski definition) is 9. The molecule has 0 amide bonds. The average Bonchev–Trinajstić information content (AvgIpc) is 2.79. The van der Waals surface area contributed by atoms with Gasteiger partial charge in [-0.3, -0.25) is 9.98 Å². The highest BCUT2D eigenvalue weighted by Crippen LogP contribution is 2.32. The largest absolute Gasteiger partial charge is 0.497 e. The molecule has 0 saturated carbocycles. The van der Waals surface area contributed by atoms with E-state index < -0.39 is 0 Å². The number of aliphatic hydroxyl groups excluding tert-OH is 1. The number of fused-ring (bicyclic) bond motifs is 1. The Morgan fingerprint density at radius 1 is 1.17 bits per heavy atom. The zero-order valence-corrected chi connectivity index (χ0v) is 17.1. The van der Waals surface area contributed by atoms with Crippen molar-refractivity contribution in [1.82, 2.24) is 15.0 Å². The van der Waals surface area contributed by atoms with Crippen LogP contribution in [0.4, 0.5) is 11.5 Å². The van der Waals surface area contributed by atoms with Gasteiger partial charge in [0.05, 0.1) is 32.7 Å². The molecule has 1 aromatic carbocycles. The Hall–Kier alpha value is -3.72. The monoisotopic (exact) mass is 408 g/mol. The first-order chi connectivity index (χ1) is 14.6. The number of aliphatic hydroxyl groups is 1. The van der Waals surface area contributed by atoms with Crippen LogP contribution in [0.25, 0.3) is 16.7 Å². The minimum Gasteiger partial charge on any atom is -0.497 e. The first kappa shape index (κ1) is 21.0. The predicted octanol–water partition coefficient (Wildman–Crippen LogP) is 2.17. The van der Waals surface area contributed by atoms with Crippen molar-refractivity contribution in [3.8, 4) is 11.5 Å². The summed E-state index contributed by atoms with van der Waals surface area (Å²) in [6, 6.07) is 9.13. The lowest BCUT2D eigenvalue weighted by Gasteiger charge is -2.24. The van der Waals surface area contributed by atoms with Crippen molar-refractivity contribution in [2.45, 2.75) is 0 Å². The molecule has 2 aromatic heterocycles. The van der Waals surface area contributed by atoms with Gasteiger partial charge in [-0.05, 0) is 12.1 Å². The Morgan fingerprint density at radius 2 is 1.90 bits per heavy atom. The lowest BCUT2D eigenvalue weighted by atomic mass is 10.2. The fraction of sp³-hybridized carbons (Fsp3) is 0.238. The molecule has 0 spiro atoms. The molecule has 0 saturated heterocycles. The van der Waals surface area contributed by atoms with Gasteiger partial charge in [0, 0.05) is 55.5 Å². The molecule has 0 bridgehead atoms. The Morgan fingerprint density at radius 3 is 2.50 bits per heavy atom. The Kier molecular flexibility index (Phi) is 6.76. The molecule has 9 nitrogen and oxygen atoms in total. The zero-order chi connectivity index (χ0) is 21.5. The first-order valence-electron chi connectivity index (χ1n) is 9.23. The van der Waals surface area contributed by atoms with Gasteiger partial charge in [-0.15, -0.1) is 0 Å². The molecular formula is C21H24N6O3. The number of hydrogen-bond donors (Lipinski definition) is 2. The summed E-state index contributed by atoms with van der Waals surface area (Å²) in [5.41, 5.74) is 8.74. The summed E-state index contributed by atoms with van der Waals surface area (Å²) in [6.45, 7) is 0.246. The van der Waals surface area contributed by atoms with E-state index in [2.05, 4.69) is 19.9 Å². The normalized spacial score (nSPS) is 11.8. The van der Waals surface area contributed by atoms with Crippen LogP contribution < -0.4 is 20.1 Å². The molecule has 3 rings (SSSR count). The minimum absolute atomic E-state index is 0.0714. The van der Waals surface area contributed by atoms with E-state index in [0.717, 1.165) is 5.69 Å². The van der Waals surface area contributed by atoms with Crippen LogP contribution in [0.15, 0.2) is 47.7 Å². The van der Waals surface area contributed by atoms with Gasteiger partial charge in [-0.1, -0.05) is 0 Å². The van der Waals surface area contributed by atoms with Crippen molar-refractivity contribution in [2.24, 2.45) is 10.7 Å². The molecule has 0 atom stereocenters. The lowest BCUT2D eigenvalue weighted by Crippen LogP contribution is -2.22. The highest BCUT2D eigenvalue weighted by molar-refractivity contribution is 6.08. The van der Waals surface area contributed by atoms with Crippen molar-refractivity contribution in [3.05, 3.63) is 48.4 Å². The number of methoxy groups -OCH3 is 2. The fourth-order valence-corrected chi connectivity index (χ4v) is 2.93. The van der Waals surface area contributed by atoms with E-state index in [1.165, 1.54) is 6.20 Å². The van der Waals surface area contributed by atoms with Crippen LogP contribution in [-0.2, 0) is 0 Å². The lowest BCUT2D eigenvalue weighted by molar-refractivity contribution is 0.305. The van der Waals surface area contributed by atoms with Gasteiger partial charge in [-0.25, -0.2) is 9.97 Å². The number of benzene rings is 1. The van der Waals surface area contributed by atoms with E-state index in [1.54, 1.807) is 39.7 Å². The van der Waals surface area contributed by atoms with Crippen molar-refractivity contribution in [3.63, 3.8) is 0 Å². The summed E-state index contributed by atoms with van der Waals surface area (Å²) in [6.07, 6.45) is 4.66. The number of pyridine rings is 1. The van der Waals surface area contributed by atoms with Crippen molar-refractivity contribution < 1.29 is 14.6 Å². The molecule has 3 aromatic rings. The molecule has 3 N–H and O–H groups in total. The summed E-state index contributed by atoms with van der Waals surface area (Å²) >= 11 is 0. The first-order valence-corrected chi connectivity index (χ1v) is 9.23. The smallest absolute Gasteiger partial charge is 0.180 e. The minimum atomic E-state index is -0.0714. The van der Waals surface area contributed by atoms with Gasteiger partial charge in [0.1, 0.15) is 22.8 Å². The number of anilines is 2. The Bertz CT molecular complexity index is 1060. The summed E-state index contributed by atoms with van der Waals surface area (Å²) in [5.74, 6) is 1.86. The fourth-order valence-electron chi connectivity index (χ4n) is 2.93. The highest BCUT2D eigenvalue weighted by atomic mass is 16.5. The van der Waals surface area contributed by atoms with E-state index in [1.807, 2.05) is 29.2 Å². The molecular weight excluding hydrogens is 384 g/mol. The third-order valence-corrected chi connectivity index (χ3v) is 4.38. The molecule has 0 fully saturated rings. The van der Waals surface area contributed by atoms with Gasteiger partial charge < -0.3 is 25.2 Å². The molecule has 0 unspecified atom stereocenters. The number of ether oxygens (including phenoxy) is 2. The van der Waals surface area contributed by atoms with Gasteiger partial charge in [0.25, 0.3) is 0 Å². The van der Waals surface area contributed by atoms with Crippen LogP contribution in [0, 0.1) is 0 Å². The maximum absolute atomic E-state index is 9.64. The second kappa shape index (κ2) is 9.66. The maximum atomic E-state index is 9.64. The molecule has 2 heterocycles. The van der Waals surface area contributed by atoms with E-state index in [9.17, 15) is 5.11 Å². The van der Waals surface area contributed by atoms with Crippen LogP contribution >= 0.6 is 0 Å². The van der Waals surface area contributed by atoms with E-state index in [0.29, 0.717) is 46.3 Å². The van der Waals surface area contributed by atoms with Gasteiger partial charge in [-0.2, -0.15) is 0 Å². The number of aromatic nitrogens is 3. The quantitative estimate of drug-likeness (QED) is 0.544. The van der Waals surface area contributed by atoms with Crippen LogP contribution in [-0.4, -0.2) is 60.7 Å². The number of allylic oxidation sites excluding steroid dienone is 1. The molecule has 156 valence electrons. The molecule has 0 aliphatic carbocycles. The van der Waals surface area contributed by atoms with Crippen molar-refractivity contribution >= 4 is 34.5 Å². The topological polar surface area (TPSA) is 119 Å². The molecule has 30 heavy (non-hydrogen) atoms. The maximum Gasteiger partial charge on any atom is 0.180 e. The van der Waals surface area contributed by atoms with E-state index >= 15 is 0 Å². The molecule has 9 heteroatoms. The standard InChI is InChI=1S/C21H24N6O3/c1-23-12-14(11-22)19-13-24-18-4-5-20(26-21(18)25-19)27(6-7-28)15-8-16(29-2)10-17(9-15)30-3/h4-5,8-13,28H,6-7,22H2,1-3H3/b14-11+,23-12?. The third-order valence-electron chi connectivity index (χ3n) is 4.38. The summed E-state index contributed by atoms with van der Waals surface area (Å²) in [4.78, 5) is 19.5. The highest BCUT2D eigenvalue weighted by Gasteiger charge is 2.15. The Labute approximate surface area is 174 Å². The van der Waals surface area contributed by atoms with Crippen molar-refractivity contribution in [1.29, 1.82) is 0 Å². The van der Waals surface area contributed by atoms with Crippen molar-refractivity contribution in [2.75, 3.05) is 39.3 Å². The number of nitrogens with two attached hydrogens (primary N) is 1. The van der Waals surface area contributed by atoms with Gasteiger partial charge in [0.2, 0.25) is 0 Å². The van der Waals surface area contributed by atoms with Crippen LogP contribution in [0.3, 0.4) is 0 Å². The van der Waals surface area contributed by atoms with Crippen LogP contribution in [0.5, 0.6) is 11.5 Å². The van der Waals surface area contributed by atoms with E-state index in [4.69, 9.17) is 15.2 Å². The van der Waals surface area contributed by atoms with Gasteiger partial charge >= 0.3 is 0 Å². The molecule has 0 aliphatic rings. The number of aliphatic imine (C=N–C) groups is 1. The molecule has 0 aliphatic heterocycles. The van der Waals surface area contributed by atoms with Gasteiger partial charge in [0.15, 0.2) is 5.65 Å². The zero-order valence-electron chi connectivity index (χ0n) is 17.1. The van der Waals surface area contributed by atoms with Crippen LogP contribution in [0.2, 0.25) is 0 Å².